The van der Waals surface area contributed by atoms with Crippen molar-refractivity contribution in [1.29, 1.82) is 0 Å². The van der Waals surface area contributed by atoms with E-state index in [4.69, 9.17) is 14.2 Å². The maximum absolute atomic E-state index is 12.1. The quantitative estimate of drug-likeness (QED) is 0.101. The van der Waals surface area contributed by atoms with Gasteiger partial charge < -0.3 is 14.2 Å². The Bertz CT molecular complexity index is 1610. The van der Waals surface area contributed by atoms with Crippen LogP contribution in [0.4, 0.5) is 0 Å². The highest BCUT2D eigenvalue weighted by Crippen LogP contribution is 2.56. The summed E-state index contributed by atoms with van der Waals surface area (Å²) in [6, 6.07) is 0. The van der Waals surface area contributed by atoms with E-state index in [1.807, 2.05) is 43.4 Å². The van der Waals surface area contributed by atoms with Gasteiger partial charge in [-0.3, -0.25) is 14.4 Å². The zero-order chi connectivity index (χ0) is 39.3. The smallest absolute Gasteiger partial charge is 0.303 e. The Morgan fingerprint density at radius 1 is 0.615 bits per heavy atom. The summed E-state index contributed by atoms with van der Waals surface area (Å²) in [5.41, 5.74) is 6.38. The summed E-state index contributed by atoms with van der Waals surface area (Å²) in [7, 11) is 0. The summed E-state index contributed by atoms with van der Waals surface area (Å²) < 4.78 is 16.9. The van der Waals surface area contributed by atoms with Crippen LogP contribution in [0, 0.1) is 16.2 Å². The van der Waals surface area contributed by atoms with Crippen molar-refractivity contribution in [2.24, 2.45) is 16.2 Å². The molecule has 0 aromatic heterocycles. The van der Waals surface area contributed by atoms with Crippen molar-refractivity contribution in [3.8, 4) is 0 Å². The Balaban J connectivity index is 1.99. The van der Waals surface area contributed by atoms with Gasteiger partial charge in [0.25, 0.3) is 0 Å². The SMILES string of the molecule is CC(=O)O[C@@H]1CC(C)=C(/C=C/C(C)=C/C=C/C(C)=C/C=C/C=C(C)/C=C/C=C(C)/C=C/[C@@H](OC(C)=O)[C@]2(C)C[C@@H](OC(C)=O)CC2(C)C)C(C)(C)C1. The first kappa shape index (κ1) is 44.0. The minimum absolute atomic E-state index is 0.0511. The van der Waals surface area contributed by atoms with Gasteiger partial charge in [-0.1, -0.05) is 141 Å². The van der Waals surface area contributed by atoms with Crippen molar-refractivity contribution >= 4 is 17.9 Å². The molecule has 1 saturated carbocycles. The highest BCUT2D eigenvalue weighted by atomic mass is 16.6. The van der Waals surface area contributed by atoms with Crippen molar-refractivity contribution in [3.05, 3.63) is 119 Å². The first-order valence-electron chi connectivity index (χ1n) is 18.4. The standard InChI is InChI=1S/C46H64O6/c1-32(20-16-22-34(3)24-26-42-36(5)28-40(50-37(6)47)29-44(42,9)10)18-14-15-19-33(2)21-17-23-35(4)25-27-43(52-39(8)49)46(13)31-41(51-38(7)48)30-45(46,11)12/h14-27,40-41,43H,28-31H2,1-13H3/b15-14+,20-16+,21-17+,26-24+,27-25+,32-18+,33-19+,34-22+,35-23+/t40-,41+,43-,46+/m1/s1. The molecule has 0 radical (unpaired) electrons. The number of rotatable bonds is 14. The van der Waals surface area contributed by atoms with E-state index >= 15 is 0 Å². The van der Waals surface area contributed by atoms with E-state index in [0.29, 0.717) is 12.8 Å². The Morgan fingerprint density at radius 2 is 1.10 bits per heavy atom. The maximum Gasteiger partial charge on any atom is 0.303 e. The molecule has 2 aliphatic carbocycles. The van der Waals surface area contributed by atoms with E-state index in [9.17, 15) is 14.4 Å². The molecule has 0 amide bonds. The van der Waals surface area contributed by atoms with Crippen LogP contribution in [0.15, 0.2) is 119 Å². The van der Waals surface area contributed by atoms with E-state index in [-0.39, 0.29) is 40.9 Å². The lowest BCUT2D eigenvalue weighted by molar-refractivity contribution is -0.154. The average molecular weight is 713 g/mol. The van der Waals surface area contributed by atoms with Crippen LogP contribution >= 0.6 is 0 Å². The van der Waals surface area contributed by atoms with Crippen LogP contribution in [0.1, 0.15) is 116 Å². The molecule has 6 heteroatoms. The monoisotopic (exact) mass is 712 g/mol. The van der Waals surface area contributed by atoms with Crippen molar-refractivity contribution in [1.82, 2.24) is 0 Å². The largest absolute Gasteiger partial charge is 0.463 e. The van der Waals surface area contributed by atoms with Gasteiger partial charge in [0, 0.05) is 32.6 Å². The number of carbonyl (C=O) groups excluding carboxylic acids is 3. The predicted octanol–water partition coefficient (Wildman–Crippen LogP) is 11.3. The molecule has 0 N–H and O–H groups in total. The highest BCUT2D eigenvalue weighted by molar-refractivity contribution is 5.67. The molecular formula is C46H64O6. The van der Waals surface area contributed by atoms with Gasteiger partial charge in [-0.2, -0.15) is 0 Å². The fourth-order valence-corrected chi connectivity index (χ4v) is 7.26. The van der Waals surface area contributed by atoms with Gasteiger partial charge in [-0.25, -0.2) is 0 Å². The van der Waals surface area contributed by atoms with Crippen LogP contribution in [0.25, 0.3) is 0 Å². The summed E-state index contributed by atoms with van der Waals surface area (Å²) in [4.78, 5) is 35.1. The third kappa shape index (κ3) is 14.1. The zero-order valence-corrected chi connectivity index (χ0v) is 34.1. The van der Waals surface area contributed by atoms with Crippen LogP contribution in [0.5, 0.6) is 0 Å². The molecule has 2 aliphatic rings. The van der Waals surface area contributed by atoms with E-state index in [2.05, 4.69) is 111 Å². The first-order valence-corrected chi connectivity index (χ1v) is 18.4. The Morgan fingerprint density at radius 3 is 1.60 bits per heavy atom. The summed E-state index contributed by atoms with van der Waals surface area (Å²) >= 11 is 0. The molecule has 0 aromatic carbocycles. The van der Waals surface area contributed by atoms with Gasteiger partial charge >= 0.3 is 17.9 Å². The normalized spacial score (nSPS) is 25.2. The maximum atomic E-state index is 12.1. The summed E-state index contributed by atoms with van der Waals surface area (Å²) in [6.07, 6.45) is 31.1. The molecule has 0 unspecified atom stereocenters. The molecule has 0 aliphatic heterocycles. The van der Waals surface area contributed by atoms with Crippen LogP contribution < -0.4 is 0 Å². The number of hydrogen-bond acceptors (Lipinski definition) is 6. The third-order valence-electron chi connectivity index (χ3n) is 10.3. The molecule has 2 rings (SSSR count). The molecule has 0 aromatic rings. The minimum atomic E-state index is -0.449. The Kier molecular flexibility index (Phi) is 16.6. The van der Waals surface area contributed by atoms with Gasteiger partial charge in [0.2, 0.25) is 0 Å². The number of esters is 3. The molecule has 1 fully saturated rings. The summed E-state index contributed by atoms with van der Waals surface area (Å²) in [6.45, 7) is 25.6. The van der Waals surface area contributed by atoms with Gasteiger partial charge in [-0.15, -0.1) is 0 Å². The van der Waals surface area contributed by atoms with Crippen LogP contribution in [0.3, 0.4) is 0 Å². The van der Waals surface area contributed by atoms with Gasteiger partial charge in [-0.05, 0) is 76.4 Å². The molecule has 0 bridgehead atoms. The van der Waals surface area contributed by atoms with Gasteiger partial charge in [0.15, 0.2) is 0 Å². The van der Waals surface area contributed by atoms with Crippen LogP contribution in [-0.2, 0) is 28.6 Å². The Labute approximate surface area is 314 Å². The van der Waals surface area contributed by atoms with Crippen LogP contribution in [0.2, 0.25) is 0 Å². The fourth-order valence-electron chi connectivity index (χ4n) is 7.26. The summed E-state index contributed by atoms with van der Waals surface area (Å²) in [5.74, 6) is -0.835. The molecule has 0 saturated heterocycles. The van der Waals surface area contributed by atoms with Gasteiger partial charge in [0.05, 0.1) is 0 Å². The fraction of sp³-hybridized carbons (Fsp3) is 0.500. The Hall–Kier alpha value is -4.19. The first-order chi connectivity index (χ1) is 24.1. The lowest BCUT2D eigenvalue weighted by Gasteiger charge is -2.42. The topological polar surface area (TPSA) is 78.9 Å². The van der Waals surface area contributed by atoms with E-state index in [1.165, 1.54) is 31.9 Å². The van der Waals surface area contributed by atoms with Crippen molar-refractivity contribution < 1.29 is 28.6 Å². The zero-order valence-electron chi connectivity index (χ0n) is 34.1. The lowest BCUT2D eigenvalue weighted by atomic mass is 9.65. The molecule has 4 atom stereocenters. The van der Waals surface area contributed by atoms with Crippen molar-refractivity contribution in [3.63, 3.8) is 0 Å². The van der Waals surface area contributed by atoms with Crippen LogP contribution in [-0.4, -0.2) is 36.2 Å². The predicted molar refractivity (Wildman–Crippen MR) is 214 cm³/mol. The van der Waals surface area contributed by atoms with Crippen molar-refractivity contribution in [2.45, 2.75) is 134 Å². The third-order valence-corrected chi connectivity index (χ3v) is 10.3. The minimum Gasteiger partial charge on any atom is -0.463 e. The molecule has 6 nitrogen and oxygen atoms in total. The molecule has 284 valence electrons. The second kappa shape index (κ2) is 19.6. The molecule has 52 heavy (non-hydrogen) atoms. The number of ether oxygens (including phenoxy) is 3. The lowest BCUT2D eigenvalue weighted by Crippen LogP contribution is -2.42. The van der Waals surface area contributed by atoms with Crippen molar-refractivity contribution in [2.75, 3.05) is 0 Å². The molecule has 0 heterocycles. The second-order valence-corrected chi connectivity index (χ2v) is 16.1. The average Bonchev–Trinajstić information content (AvgIpc) is 3.22. The molecule has 0 spiro atoms. The van der Waals surface area contributed by atoms with E-state index < -0.39 is 11.5 Å². The summed E-state index contributed by atoms with van der Waals surface area (Å²) in [5, 5.41) is 0. The van der Waals surface area contributed by atoms with Gasteiger partial charge in [0.1, 0.15) is 18.3 Å². The number of allylic oxidation sites excluding steroid dienone is 18. The molecular weight excluding hydrogens is 649 g/mol. The van der Waals surface area contributed by atoms with E-state index in [1.54, 1.807) is 0 Å². The highest BCUT2D eigenvalue weighted by Gasteiger charge is 2.55. The number of hydrogen-bond donors (Lipinski definition) is 0. The second-order valence-electron chi connectivity index (χ2n) is 16.1. The number of carbonyl (C=O) groups is 3. The van der Waals surface area contributed by atoms with E-state index in [0.717, 1.165) is 35.1 Å².